The summed E-state index contributed by atoms with van der Waals surface area (Å²) in [4.78, 5) is 0. The van der Waals surface area contributed by atoms with Crippen molar-refractivity contribution in [2.45, 2.75) is 19.1 Å². The molecule has 0 aliphatic rings. The van der Waals surface area contributed by atoms with E-state index in [0.717, 1.165) is 10.0 Å². The Bertz CT molecular complexity index is 634. The van der Waals surface area contributed by atoms with E-state index >= 15 is 0 Å². The zero-order valence-electron chi connectivity index (χ0n) is 11.1. The van der Waals surface area contributed by atoms with Gasteiger partial charge in [0, 0.05) is 16.1 Å². The highest BCUT2D eigenvalue weighted by Crippen LogP contribution is 2.30. The number of nitrogens with two attached hydrogens (primary N) is 1. The van der Waals surface area contributed by atoms with Crippen LogP contribution >= 0.6 is 15.9 Å². The third-order valence-electron chi connectivity index (χ3n) is 2.95. The van der Waals surface area contributed by atoms with Crippen molar-refractivity contribution < 1.29 is 4.74 Å². The molecule has 0 radical (unpaired) electrons. The lowest BCUT2D eigenvalue weighted by molar-refractivity contribution is 0.179. The molecule has 0 heterocycles. The molecular formula is C16H15BrN2O. The summed E-state index contributed by atoms with van der Waals surface area (Å²) < 4.78 is 6.93. The molecule has 2 aromatic carbocycles. The summed E-state index contributed by atoms with van der Waals surface area (Å²) in [5, 5.41) is 9.12. The standard InChI is InChI=1S/C16H15BrN2O/c1-11(19)16(13-7-3-4-8-14(13)17)20-15-9-5-2-6-12(15)10-18/h2-9,11,16H,19H2,1H3. The molecular weight excluding hydrogens is 316 g/mol. The van der Waals surface area contributed by atoms with Gasteiger partial charge in [-0.15, -0.1) is 0 Å². The first-order chi connectivity index (χ1) is 9.63. The minimum absolute atomic E-state index is 0.208. The van der Waals surface area contributed by atoms with Crippen LogP contribution in [0.3, 0.4) is 0 Å². The van der Waals surface area contributed by atoms with E-state index in [1.165, 1.54) is 0 Å². The zero-order chi connectivity index (χ0) is 14.5. The molecule has 0 aliphatic carbocycles. The van der Waals surface area contributed by atoms with Crippen LogP contribution in [0.4, 0.5) is 0 Å². The van der Waals surface area contributed by atoms with Crippen molar-refractivity contribution in [3.8, 4) is 11.8 Å². The van der Waals surface area contributed by atoms with E-state index in [1.807, 2.05) is 43.3 Å². The maximum atomic E-state index is 9.12. The molecule has 2 N–H and O–H groups in total. The van der Waals surface area contributed by atoms with Gasteiger partial charge in [0.2, 0.25) is 0 Å². The molecule has 0 saturated carbocycles. The largest absolute Gasteiger partial charge is 0.483 e. The lowest BCUT2D eigenvalue weighted by Gasteiger charge is -2.24. The summed E-state index contributed by atoms with van der Waals surface area (Å²) in [6.45, 7) is 1.89. The summed E-state index contributed by atoms with van der Waals surface area (Å²) in [7, 11) is 0. The van der Waals surface area contributed by atoms with E-state index in [0.29, 0.717) is 11.3 Å². The van der Waals surface area contributed by atoms with E-state index in [-0.39, 0.29) is 12.1 Å². The Hall–Kier alpha value is -1.83. The van der Waals surface area contributed by atoms with Crippen molar-refractivity contribution in [1.82, 2.24) is 0 Å². The molecule has 0 fully saturated rings. The highest BCUT2D eigenvalue weighted by Gasteiger charge is 2.21. The second-order valence-electron chi connectivity index (χ2n) is 4.53. The van der Waals surface area contributed by atoms with E-state index in [2.05, 4.69) is 22.0 Å². The zero-order valence-corrected chi connectivity index (χ0v) is 12.7. The fourth-order valence-electron chi connectivity index (χ4n) is 1.96. The van der Waals surface area contributed by atoms with Gasteiger partial charge >= 0.3 is 0 Å². The van der Waals surface area contributed by atoms with Gasteiger partial charge in [-0.25, -0.2) is 0 Å². The van der Waals surface area contributed by atoms with Gasteiger partial charge in [-0.05, 0) is 25.1 Å². The molecule has 0 aliphatic heterocycles. The number of nitrogens with zero attached hydrogens (tertiary/aromatic N) is 1. The highest BCUT2D eigenvalue weighted by atomic mass is 79.9. The Morgan fingerprint density at radius 1 is 1.15 bits per heavy atom. The van der Waals surface area contributed by atoms with Crippen LogP contribution in [-0.4, -0.2) is 6.04 Å². The van der Waals surface area contributed by atoms with Gasteiger partial charge < -0.3 is 10.5 Å². The second-order valence-corrected chi connectivity index (χ2v) is 5.38. The summed E-state index contributed by atoms with van der Waals surface area (Å²) in [5.41, 5.74) is 7.52. The fraction of sp³-hybridized carbons (Fsp3) is 0.188. The van der Waals surface area contributed by atoms with Crippen molar-refractivity contribution >= 4 is 15.9 Å². The SMILES string of the molecule is CC(N)C(Oc1ccccc1C#N)c1ccccc1Br. The number of rotatable bonds is 4. The van der Waals surface area contributed by atoms with Gasteiger partial charge in [0.15, 0.2) is 0 Å². The van der Waals surface area contributed by atoms with Crippen LogP contribution in [0.25, 0.3) is 0 Å². The molecule has 0 aromatic heterocycles. The van der Waals surface area contributed by atoms with Crippen LogP contribution in [0.15, 0.2) is 53.0 Å². The molecule has 102 valence electrons. The van der Waals surface area contributed by atoms with Crippen LogP contribution in [0.2, 0.25) is 0 Å². The third kappa shape index (κ3) is 3.19. The highest BCUT2D eigenvalue weighted by molar-refractivity contribution is 9.10. The first-order valence-corrected chi connectivity index (χ1v) is 7.08. The summed E-state index contributed by atoms with van der Waals surface area (Å²) in [6.07, 6.45) is -0.319. The lowest BCUT2D eigenvalue weighted by Crippen LogP contribution is -2.29. The average Bonchev–Trinajstić information content (AvgIpc) is 2.46. The summed E-state index contributed by atoms with van der Waals surface area (Å²) in [5.74, 6) is 0.549. The van der Waals surface area contributed by atoms with E-state index in [4.69, 9.17) is 15.7 Å². The van der Waals surface area contributed by atoms with Gasteiger partial charge in [0.05, 0.1) is 5.56 Å². The van der Waals surface area contributed by atoms with E-state index in [9.17, 15) is 0 Å². The van der Waals surface area contributed by atoms with E-state index < -0.39 is 0 Å². The second kappa shape index (κ2) is 6.56. The molecule has 0 saturated heterocycles. The van der Waals surface area contributed by atoms with Gasteiger partial charge in [0.1, 0.15) is 17.9 Å². The van der Waals surface area contributed by atoms with Crippen LogP contribution in [0.5, 0.6) is 5.75 Å². The molecule has 0 bridgehead atoms. The fourth-order valence-corrected chi connectivity index (χ4v) is 2.47. The molecule has 3 nitrogen and oxygen atoms in total. The maximum Gasteiger partial charge on any atom is 0.140 e. The molecule has 0 spiro atoms. The summed E-state index contributed by atoms with van der Waals surface area (Å²) in [6, 6.07) is 16.9. The summed E-state index contributed by atoms with van der Waals surface area (Å²) >= 11 is 3.51. The third-order valence-corrected chi connectivity index (χ3v) is 3.67. The molecule has 2 rings (SSSR count). The van der Waals surface area contributed by atoms with Crippen molar-refractivity contribution in [3.05, 3.63) is 64.1 Å². The van der Waals surface area contributed by atoms with Crippen LogP contribution < -0.4 is 10.5 Å². The van der Waals surface area contributed by atoms with Gasteiger partial charge in [0.25, 0.3) is 0 Å². The Balaban J connectivity index is 2.37. The smallest absolute Gasteiger partial charge is 0.140 e. The Morgan fingerprint density at radius 3 is 2.45 bits per heavy atom. The van der Waals surface area contributed by atoms with Gasteiger partial charge in [-0.2, -0.15) is 5.26 Å². The number of benzene rings is 2. The molecule has 2 aromatic rings. The number of hydrogen-bond donors (Lipinski definition) is 1. The van der Waals surface area contributed by atoms with Gasteiger partial charge in [-0.1, -0.05) is 46.3 Å². The number of hydrogen-bond acceptors (Lipinski definition) is 3. The maximum absolute atomic E-state index is 9.12. The monoisotopic (exact) mass is 330 g/mol. The Labute approximate surface area is 127 Å². The van der Waals surface area contributed by atoms with Crippen LogP contribution in [0, 0.1) is 11.3 Å². The number of nitriles is 1. The van der Waals surface area contributed by atoms with Crippen LogP contribution in [0.1, 0.15) is 24.2 Å². The van der Waals surface area contributed by atoms with Crippen molar-refractivity contribution in [3.63, 3.8) is 0 Å². The molecule has 0 amide bonds. The van der Waals surface area contributed by atoms with Crippen molar-refractivity contribution in [1.29, 1.82) is 5.26 Å². The van der Waals surface area contributed by atoms with E-state index in [1.54, 1.807) is 12.1 Å². The number of ether oxygens (including phenoxy) is 1. The van der Waals surface area contributed by atoms with Gasteiger partial charge in [-0.3, -0.25) is 0 Å². The lowest BCUT2D eigenvalue weighted by atomic mass is 10.0. The minimum Gasteiger partial charge on any atom is -0.483 e. The normalized spacial score (nSPS) is 13.3. The van der Waals surface area contributed by atoms with Crippen LogP contribution in [-0.2, 0) is 0 Å². The molecule has 20 heavy (non-hydrogen) atoms. The predicted molar refractivity (Wildman–Crippen MR) is 82.3 cm³/mol. The predicted octanol–water partition coefficient (Wildman–Crippen LogP) is 3.79. The average molecular weight is 331 g/mol. The topological polar surface area (TPSA) is 59.0 Å². The molecule has 2 unspecified atom stereocenters. The molecule has 2 atom stereocenters. The Morgan fingerprint density at radius 2 is 1.80 bits per heavy atom. The first kappa shape index (κ1) is 14.6. The first-order valence-electron chi connectivity index (χ1n) is 6.29. The Kier molecular flexibility index (Phi) is 4.78. The minimum atomic E-state index is -0.319. The molecule has 4 heteroatoms. The van der Waals surface area contributed by atoms with Crippen molar-refractivity contribution in [2.75, 3.05) is 0 Å². The van der Waals surface area contributed by atoms with Crippen molar-refractivity contribution in [2.24, 2.45) is 5.73 Å². The number of para-hydroxylation sites is 1. The number of halogens is 1. The quantitative estimate of drug-likeness (QED) is 0.927.